The number of aromatic nitrogens is 2. The zero-order valence-electron chi connectivity index (χ0n) is 22.1. The highest BCUT2D eigenvalue weighted by molar-refractivity contribution is 5.94. The number of H-pyrrole nitrogens is 1. The van der Waals surface area contributed by atoms with Gasteiger partial charge in [0.2, 0.25) is 5.91 Å². The second-order valence-corrected chi connectivity index (χ2v) is 11.4. The molecule has 7 heteroatoms. The minimum atomic E-state index is -0.615. The molecule has 2 aliphatic rings. The van der Waals surface area contributed by atoms with E-state index in [1.807, 2.05) is 56.3 Å². The summed E-state index contributed by atoms with van der Waals surface area (Å²) in [6, 6.07) is 11.7. The van der Waals surface area contributed by atoms with Crippen LogP contribution in [0, 0.1) is 5.92 Å². The maximum Gasteiger partial charge on any atom is 0.408 e. The molecular formula is C30H38N4O3. The largest absolute Gasteiger partial charge is 0.444 e. The van der Waals surface area contributed by atoms with Gasteiger partial charge in [0.1, 0.15) is 11.6 Å². The highest BCUT2D eigenvalue weighted by Crippen LogP contribution is 2.37. The molecule has 2 N–H and O–H groups in total. The monoisotopic (exact) mass is 502 g/mol. The van der Waals surface area contributed by atoms with E-state index in [9.17, 15) is 9.59 Å². The van der Waals surface area contributed by atoms with Gasteiger partial charge in [0.05, 0.1) is 11.7 Å². The number of carbonyl (C=O) groups excluding carboxylic acids is 2. The van der Waals surface area contributed by atoms with E-state index in [0.29, 0.717) is 6.54 Å². The number of hydrogen-bond acceptors (Lipinski definition) is 4. The molecule has 7 nitrogen and oxygen atoms in total. The first-order chi connectivity index (χ1) is 17.8. The summed E-state index contributed by atoms with van der Waals surface area (Å²) >= 11 is 0. The summed E-state index contributed by atoms with van der Waals surface area (Å²) in [4.78, 5) is 36.8. The van der Waals surface area contributed by atoms with Crippen molar-refractivity contribution in [3.63, 3.8) is 0 Å². The Kier molecular flexibility index (Phi) is 7.22. The predicted octanol–water partition coefficient (Wildman–Crippen LogP) is 6.37. The lowest BCUT2D eigenvalue weighted by Gasteiger charge is -2.35. The fraction of sp³-hybridized carbons (Fsp3) is 0.500. The molecule has 1 saturated heterocycles. The van der Waals surface area contributed by atoms with E-state index in [1.165, 1.54) is 6.42 Å². The summed E-state index contributed by atoms with van der Waals surface area (Å²) in [6.07, 6.45) is 10.4. The average molecular weight is 503 g/mol. The number of pyridine rings is 1. The maximum absolute atomic E-state index is 14.1. The van der Waals surface area contributed by atoms with Crippen LogP contribution in [0.1, 0.15) is 77.3 Å². The van der Waals surface area contributed by atoms with Crippen LogP contribution in [-0.4, -0.2) is 45.1 Å². The van der Waals surface area contributed by atoms with Crippen LogP contribution in [-0.2, 0) is 9.53 Å². The number of carbonyl (C=O) groups is 2. The molecule has 0 spiro atoms. The topological polar surface area (TPSA) is 87.3 Å². The van der Waals surface area contributed by atoms with E-state index in [1.54, 1.807) is 0 Å². The first-order valence-corrected chi connectivity index (χ1v) is 13.6. The van der Waals surface area contributed by atoms with E-state index >= 15 is 0 Å². The number of aromatic amines is 1. The first kappa shape index (κ1) is 25.3. The molecule has 1 aromatic carbocycles. The van der Waals surface area contributed by atoms with Crippen molar-refractivity contribution < 1.29 is 14.3 Å². The molecule has 1 unspecified atom stereocenters. The third-order valence-corrected chi connectivity index (χ3v) is 7.63. The maximum atomic E-state index is 14.1. The van der Waals surface area contributed by atoms with E-state index < -0.39 is 17.7 Å². The molecule has 2 atom stereocenters. The van der Waals surface area contributed by atoms with Gasteiger partial charge in [-0.3, -0.25) is 9.78 Å². The third-order valence-electron chi connectivity index (χ3n) is 7.63. The molecule has 0 radical (unpaired) electrons. The summed E-state index contributed by atoms with van der Waals surface area (Å²) in [5.74, 6) is 0.139. The number of benzene rings is 1. The van der Waals surface area contributed by atoms with Crippen molar-refractivity contribution in [3.05, 3.63) is 54.4 Å². The van der Waals surface area contributed by atoms with Gasteiger partial charge in [0.25, 0.3) is 0 Å². The molecule has 1 saturated carbocycles. The minimum Gasteiger partial charge on any atom is -0.444 e. The molecule has 1 aliphatic heterocycles. The van der Waals surface area contributed by atoms with Crippen molar-refractivity contribution >= 4 is 22.9 Å². The summed E-state index contributed by atoms with van der Waals surface area (Å²) in [6.45, 7) is 6.22. The van der Waals surface area contributed by atoms with Crippen LogP contribution in [0.25, 0.3) is 22.2 Å². The van der Waals surface area contributed by atoms with Gasteiger partial charge >= 0.3 is 6.09 Å². The van der Waals surface area contributed by atoms with Gasteiger partial charge < -0.3 is 19.9 Å². The lowest BCUT2D eigenvalue weighted by Crippen LogP contribution is -2.53. The molecule has 2 amide bonds. The van der Waals surface area contributed by atoms with Crippen molar-refractivity contribution in [1.29, 1.82) is 0 Å². The molecule has 37 heavy (non-hydrogen) atoms. The number of likely N-dealkylation sites (tertiary alicyclic amines) is 1. The number of rotatable bonds is 5. The Morgan fingerprint density at radius 2 is 1.86 bits per heavy atom. The van der Waals surface area contributed by atoms with Crippen LogP contribution in [0.3, 0.4) is 0 Å². The molecule has 2 aromatic heterocycles. The highest BCUT2D eigenvalue weighted by Gasteiger charge is 2.39. The second kappa shape index (κ2) is 10.6. The fourth-order valence-corrected chi connectivity index (χ4v) is 5.92. The van der Waals surface area contributed by atoms with Gasteiger partial charge in [0, 0.05) is 35.4 Å². The van der Waals surface area contributed by atoms with Gasteiger partial charge in [-0.25, -0.2) is 4.79 Å². The Morgan fingerprint density at radius 1 is 1.08 bits per heavy atom. The molecule has 3 aromatic rings. The number of ether oxygens (including phenoxy) is 1. The van der Waals surface area contributed by atoms with Crippen molar-refractivity contribution in [2.24, 2.45) is 5.92 Å². The lowest BCUT2D eigenvalue weighted by molar-refractivity contribution is -0.136. The SMILES string of the molecule is CC(C)(C)OC(=O)N[C@H](C(=O)N1CCCC1c1ccnc(-c2c[nH]c3ccccc23)c1)C1CCCCC1. The number of amides is 2. The predicted molar refractivity (Wildman–Crippen MR) is 145 cm³/mol. The molecular weight excluding hydrogens is 464 g/mol. The summed E-state index contributed by atoms with van der Waals surface area (Å²) < 4.78 is 5.54. The van der Waals surface area contributed by atoms with Crippen molar-refractivity contribution in [2.75, 3.05) is 6.54 Å². The Bertz CT molecular complexity index is 1250. The quantitative estimate of drug-likeness (QED) is 0.425. The normalized spacial score (nSPS) is 19.6. The van der Waals surface area contributed by atoms with E-state index in [2.05, 4.69) is 33.5 Å². The standard InChI is InChI=1S/C30H38N4O3/c1-30(2,3)37-29(36)33-27(20-10-5-4-6-11-20)28(35)34-17-9-14-26(34)21-15-16-31-25(18-21)23-19-32-24-13-8-7-12-22(23)24/h7-8,12-13,15-16,18-20,26-27,32H,4-6,9-11,14,17H2,1-3H3,(H,33,36)/t26?,27-/m0/s1. The highest BCUT2D eigenvalue weighted by atomic mass is 16.6. The Morgan fingerprint density at radius 3 is 2.65 bits per heavy atom. The summed E-state index contributed by atoms with van der Waals surface area (Å²) in [5.41, 5.74) is 3.49. The van der Waals surface area contributed by atoms with E-state index in [-0.39, 0.29) is 17.9 Å². The molecule has 196 valence electrons. The van der Waals surface area contributed by atoms with E-state index in [0.717, 1.165) is 66.2 Å². The second-order valence-electron chi connectivity index (χ2n) is 11.4. The molecule has 3 heterocycles. The van der Waals surface area contributed by atoms with Gasteiger partial charge in [0.15, 0.2) is 0 Å². The van der Waals surface area contributed by atoms with Gasteiger partial charge in [-0.15, -0.1) is 0 Å². The number of nitrogens with one attached hydrogen (secondary N) is 2. The van der Waals surface area contributed by atoms with Crippen molar-refractivity contribution in [3.8, 4) is 11.3 Å². The molecule has 1 aliphatic carbocycles. The van der Waals surface area contributed by atoms with Crippen LogP contribution >= 0.6 is 0 Å². The van der Waals surface area contributed by atoms with Gasteiger partial charge in [-0.1, -0.05) is 37.5 Å². The van der Waals surface area contributed by atoms with Crippen molar-refractivity contribution in [2.45, 2.75) is 83.4 Å². The number of alkyl carbamates (subject to hydrolysis) is 1. The zero-order chi connectivity index (χ0) is 26.0. The average Bonchev–Trinajstić information content (AvgIpc) is 3.54. The Balaban J connectivity index is 1.40. The molecule has 5 rings (SSSR count). The van der Waals surface area contributed by atoms with Crippen LogP contribution in [0.4, 0.5) is 4.79 Å². The third kappa shape index (κ3) is 5.65. The van der Waals surface area contributed by atoms with Crippen LogP contribution in [0.5, 0.6) is 0 Å². The van der Waals surface area contributed by atoms with Gasteiger partial charge in [-0.05, 0) is 76.1 Å². The summed E-state index contributed by atoms with van der Waals surface area (Å²) in [5, 5.41) is 4.11. The fourth-order valence-electron chi connectivity index (χ4n) is 5.92. The first-order valence-electron chi connectivity index (χ1n) is 13.6. The zero-order valence-corrected chi connectivity index (χ0v) is 22.1. The smallest absolute Gasteiger partial charge is 0.408 e. The number of nitrogens with zero attached hydrogens (tertiary/aromatic N) is 2. The summed E-state index contributed by atoms with van der Waals surface area (Å²) in [7, 11) is 0. The number of para-hydroxylation sites is 1. The Labute approximate surface area is 219 Å². The molecule has 0 bridgehead atoms. The number of fused-ring (bicyclic) bond motifs is 1. The van der Waals surface area contributed by atoms with Crippen LogP contribution in [0.2, 0.25) is 0 Å². The van der Waals surface area contributed by atoms with Gasteiger partial charge in [-0.2, -0.15) is 0 Å². The minimum absolute atomic E-state index is 0.00529. The van der Waals surface area contributed by atoms with Crippen molar-refractivity contribution in [1.82, 2.24) is 20.2 Å². The van der Waals surface area contributed by atoms with E-state index in [4.69, 9.17) is 4.74 Å². The van der Waals surface area contributed by atoms with Crippen LogP contribution in [0.15, 0.2) is 48.8 Å². The number of hydrogen-bond donors (Lipinski definition) is 2. The Hall–Kier alpha value is -3.35. The lowest BCUT2D eigenvalue weighted by atomic mass is 9.83. The molecule has 2 fully saturated rings. The van der Waals surface area contributed by atoms with Crippen LogP contribution < -0.4 is 5.32 Å².